The summed E-state index contributed by atoms with van der Waals surface area (Å²) in [4.78, 5) is 0. The van der Waals surface area contributed by atoms with Crippen molar-refractivity contribution in [3.05, 3.63) is 63.4 Å². The zero-order valence-corrected chi connectivity index (χ0v) is 15.1. The summed E-state index contributed by atoms with van der Waals surface area (Å²) in [7, 11) is 1.43. The van der Waals surface area contributed by atoms with Crippen molar-refractivity contribution >= 4 is 11.6 Å². The number of aliphatic hydroxyl groups excluding tert-OH is 2. The van der Waals surface area contributed by atoms with Crippen LogP contribution < -0.4 is 4.74 Å². The van der Waals surface area contributed by atoms with E-state index >= 15 is 0 Å². The van der Waals surface area contributed by atoms with Crippen molar-refractivity contribution in [1.29, 1.82) is 0 Å². The third kappa shape index (κ3) is 3.26. The van der Waals surface area contributed by atoms with E-state index in [0.29, 0.717) is 11.4 Å². The van der Waals surface area contributed by atoms with E-state index in [0.717, 1.165) is 22.3 Å². The maximum Gasteiger partial charge on any atom is 0.165 e. The lowest BCUT2D eigenvalue weighted by molar-refractivity contribution is 0.101. The number of methoxy groups -OCH3 is 1. The standard InChI is InChI=1S/C20H22ClFO3/c1-11-5-13-6-14(9-23)16(10-24)20(15(13)8-17(11)21)12-3-4-18(22)19(7-12)25-2/h3-5,7-8,14,16,20,23-24H,6,9-10H2,1-2H3/t14-,16-,20-/m1/s1. The molecule has 0 saturated carbocycles. The van der Waals surface area contributed by atoms with Gasteiger partial charge in [0.1, 0.15) is 0 Å². The summed E-state index contributed by atoms with van der Waals surface area (Å²) < 4.78 is 19.0. The Labute approximate surface area is 152 Å². The molecule has 2 aromatic rings. The van der Waals surface area contributed by atoms with Crippen LogP contribution in [0.2, 0.25) is 5.02 Å². The van der Waals surface area contributed by atoms with E-state index in [1.165, 1.54) is 13.2 Å². The number of ether oxygens (including phenoxy) is 1. The molecule has 1 aliphatic carbocycles. The molecular formula is C20H22ClFO3. The highest BCUT2D eigenvalue weighted by Gasteiger charge is 2.37. The van der Waals surface area contributed by atoms with Gasteiger partial charge in [0.05, 0.1) is 7.11 Å². The van der Waals surface area contributed by atoms with Crippen molar-refractivity contribution in [1.82, 2.24) is 0 Å². The van der Waals surface area contributed by atoms with Crippen LogP contribution >= 0.6 is 11.6 Å². The minimum absolute atomic E-state index is 0.0127. The second-order valence-corrected chi connectivity index (χ2v) is 7.07. The Morgan fingerprint density at radius 1 is 1.20 bits per heavy atom. The van der Waals surface area contributed by atoms with E-state index in [4.69, 9.17) is 16.3 Å². The molecule has 2 N–H and O–H groups in total. The van der Waals surface area contributed by atoms with Gasteiger partial charge in [0.25, 0.3) is 0 Å². The van der Waals surface area contributed by atoms with Crippen molar-refractivity contribution in [2.24, 2.45) is 11.8 Å². The first-order valence-electron chi connectivity index (χ1n) is 8.34. The van der Waals surface area contributed by atoms with Gasteiger partial charge in [-0.05, 0) is 65.6 Å². The summed E-state index contributed by atoms with van der Waals surface area (Å²) in [6.07, 6.45) is 0.684. The molecule has 1 aliphatic rings. The molecule has 134 valence electrons. The SMILES string of the molecule is COc1cc([C@@H]2c3cc(Cl)c(C)cc3C[C@H](CO)[C@H]2CO)ccc1F. The van der Waals surface area contributed by atoms with Crippen LogP contribution in [-0.2, 0) is 6.42 Å². The van der Waals surface area contributed by atoms with E-state index in [2.05, 4.69) is 0 Å². The summed E-state index contributed by atoms with van der Waals surface area (Å²) in [5, 5.41) is 20.5. The Balaban J connectivity index is 2.19. The monoisotopic (exact) mass is 364 g/mol. The van der Waals surface area contributed by atoms with Crippen molar-refractivity contribution in [3.63, 3.8) is 0 Å². The van der Waals surface area contributed by atoms with Crippen molar-refractivity contribution in [2.45, 2.75) is 19.3 Å². The van der Waals surface area contributed by atoms with E-state index in [1.54, 1.807) is 12.1 Å². The van der Waals surface area contributed by atoms with Gasteiger partial charge in [-0.1, -0.05) is 23.7 Å². The average molecular weight is 365 g/mol. The lowest BCUT2D eigenvalue weighted by Gasteiger charge is -2.39. The van der Waals surface area contributed by atoms with Crippen LogP contribution in [0.3, 0.4) is 0 Å². The molecule has 3 rings (SSSR count). The molecule has 0 fully saturated rings. The fraction of sp³-hybridized carbons (Fsp3) is 0.400. The third-order valence-electron chi connectivity index (χ3n) is 5.25. The first kappa shape index (κ1) is 18.2. The Bertz CT molecular complexity index is 778. The predicted octanol–water partition coefficient (Wildman–Crippen LogP) is 3.70. The van der Waals surface area contributed by atoms with E-state index in [1.807, 2.05) is 19.1 Å². The molecule has 0 aliphatic heterocycles. The summed E-state index contributed by atoms with van der Waals surface area (Å²) in [5.74, 6) is -0.687. The third-order valence-corrected chi connectivity index (χ3v) is 5.66. The largest absolute Gasteiger partial charge is 0.494 e. The van der Waals surface area contributed by atoms with Crippen LogP contribution in [-0.4, -0.2) is 30.5 Å². The van der Waals surface area contributed by atoms with Gasteiger partial charge >= 0.3 is 0 Å². The number of halogens is 2. The van der Waals surface area contributed by atoms with Gasteiger partial charge in [0.15, 0.2) is 11.6 Å². The predicted molar refractivity (Wildman–Crippen MR) is 95.8 cm³/mol. The molecule has 2 aromatic carbocycles. The average Bonchev–Trinajstić information content (AvgIpc) is 2.62. The molecule has 0 unspecified atom stereocenters. The molecule has 0 spiro atoms. The molecular weight excluding hydrogens is 343 g/mol. The second kappa shape index (κ2) is 7.32. The van der Waals surface area contributed by atoms with Crippen LogP contribution in [0.15, 0.2) is 30.3 Å². The molecule has 3 atom stereocenters. The maximum atomic E-state index is 13.8. The van der Waals surface area contributed by atoms with E-state index in [9.17, 15) is 14.6 Å². The summed E-state index contributed by atoms with van der Waals surface area (Å²) in [6.45, 7) is 1.87. The van der Waals surface area contributed by atoms with Gasteiger partial charge < -0.3 is 14.9 Å². The first-order valence-corrected chi connectivity index (χ1v) is 8.72. The molecule has 0 radical (unpaired) electrons. The lowest BCUT2D eigenvalue weighted by atomic mass is 9.67. The van der Waals surface area contributed by atoms with E-state index < -0.39 is 5.82 Å². The van der Waals surface area contributed by atoms with Gasteiger partial charge in [-0.3, -0.25) is 0 Å². The highest BCUT2D eigenvalue weighted by molar-refractivity contribution is 6.31. The van der Waals surface area contributed by atoms with Gasteiger partial charge in [0.2, 0.25) is 0 Å². The second-order valence-electron chi connectivity index (χ2n) is 6.67. The van der Waals surface area contributed by atoms with Crippen molar-refractivity contribution in [3.8, 4) is 5.75 Å². The number of hydrogen-bond donors (Lipinski definition) is 2. The van der Waals surface area contributed by atoms with Crippen LogP contribution in [0.25, 0.3) is 0 Å². The van der Waals surface area contributed by atoms with Crippen LogP contribution in [0.5, 0.6) is 5.75 Å². The number of aryl methyl sites for hydroxylation is 1. The number of rotatable bonds is 4. The highest BCUT2D eigenvalue weighted by atomic mass is 35.5. The molecule has 5 heteroatoms. The Hall–Kier alpha value is -1.62. The van der Waals surface area contributed by atoms with E-state index in [-0.39, 0.29) is 36.7 Å². The van der Waals surface area contributed by atoms with Gasteiger partial charge in [-0.15, -0.1) is 0 Å². The molecule has 0 heterocycles. The number of hydrogen-bond acceptors (Lipinski definition) is 3. The van der Waals surface area contributed by atoms with Crippen molar-refractivity contribution < 1.29 is 19.3 Å². The smallest absolute Gasteiger partial charge is 0.165 e. The van der Waals surface area contributed by atoms with Gasteiger partial charge in [-0.25, -0.2) is 4.39 Å². The minimum atomic E-state index is -0.427. The van der Waals surface area contributed by atoms with Gasteiger partial charge in [-0.2, -0.15) is 0 Å². The fourth-order valence-corrected chi connectivity index (χ4v) is 4.08. The summed E-state index contributed by atoms with van der Waals surface area (Å²) in [5.41, 5.74) is 3.96. The summed E-state index contributed by atoms with van der Waals surface area (Å²) in [6, 6.07) is 8.73. The maximum absolute atomic E-state index is 13.8. The first-order chi connectivity index (χ1) is 12.0. The number of aliphatic hydroxyl groups is 2. The van der Waals surface area contributed by atoms with Crippen LogP contribution in [0, 0.1) is 24.6 Å². The quantitative estimate of drug-likeness (QED) is 0.869. The lowest BCUT2D eigenvalue weighted by Crippen LogP contribution is -2.35. The Kier molecular flexibility index (Phi) is 5.32. The molecule has 0 amide bonds. The zero-order valence-electron chi connectivity index (χ0n) is 14.3. The van der Waals surface area contributed by atoms with Crippen molar-refractivity contribution in [2.75, 3.05) is 20.3 Å². The molecule has 25 heavy (non-hydrogen) atoms. The minimum Gasteiger partial charge on any atom is -0.494 e. The molecule has 0 aromatic heterocycles. The number of fused-ring (bicyclic) bond motifs is 1. The Morgan fingerprint density at radius 2 is 1.96 bits per heavy atom. The fourth-order valence-electron chi connectivity index (χ4n) is 3.91. The highest BCUT2D eigenvalue weighted by Crippen LogP contribution is 2.45. The zero-order chi connectivity index (χ0) is 18.1. The molecule has 3 nitrogen and oxygen atoms in total. The Morgan fingerprint density at radius 3 is 2.60 bits per heavy atom. The van der Waals surface area contributed by atoms with Crippen LogP contribution in [0.1, 0.15) is 28.2 Å². The normalized spacial score (nSPS) is 22.6. The number of benzene rings is 2. The molecule has 0 bridgehead atoms. The molecule has 0 saturated heterocycles. The van der Waals surface area contributed by atoms with Crippen LogP contribution in [0.4, 0.5) is 4.39 Å². The van der Waals surface area contributed by atoms with Gasteiger partial charge in [0, 0.05) is 24.2 Å². The summed E-state index contributed by atoms with van der Waals surface area (Å²) >= 11 is 6.35. The topological polar surface area (TPSA) is 49.7 Å².